The Hall–Kier alpha value is -1.40. The van der Waals surface area contributed by atoms with Crippen LogP contribution in [0.1, 0.15) is 29.2 Å². The van der Waals surface area contributed by atoms with Crippen molar-refractivity contribution in [1.29, 1.82) is 0 Å². The Kier molecular flexibility index (Phi) is 5.17. The van der Waals surface area contributed by atoms with Gasteiger partial charge in [0.2, 0.25) is 15.9 Å². The molecule has 1 rings (SSSR count). The molecule has 1 amide bonds. The molecule has 0 aromatic heterocycles. The highest BCUT2D eigenvalue weighted by Gasteiger charge is 2.26. The molecule has 1 aromatic carbocycles. The lowest BCUT2D eigenvalue weighted by Gasteiger charge is -2.21. The van der Waals surface area contributed by atoms with Crippen LogP contribution in [0.4, 0.5) is 0 Å². The molecular formula is C15H24N2O3S. The SMILES string of the molecule is Cc1cc(C)c(C)c(S(=O)(=O)N[C@H](C)C(=O)N(C)C)c1C. The fourth-order valence-corrected chi connectivity index (χ4v) is 4.13. The van der Waals surface area contributed by atoms with Crippen molar-refractivity contribution in [3.05, 3.63) is 28.3 Å². The predicted octanol–water partition coefficient (Wildman–Crippen LogP) is 1.68. The van der Waals surface area contributed by atoms with Crippen LogP contribution in [0, 0.1) is 27.7 Å². The summed E-state index contributed by atoms with van der Waals surface area (Å²) in [5.74, 6) is -0.279. The number of sulfonamides is 1. The maximum absolute atomic E-state index is 12.6. The van der Waals surface area contributed by atoms with Gasteiger partial charge in [-0.1, -0.05) is 6.07 Å². The van der Waals surface area contributed by atoms with Gasteiger partial charge in [0.15, 0.2) is 0 Å². The van der Waals surface area contributed by atoms with Gasteiger partial charge in [0.25, 0.3) is 0 Å². The molecule has 0 aliphatic heterocycles. The summed E-state index contributed by atoms with van der Waals surface area (Å²) in [5.41, 5.74) is 3.28. The molecular weight excluding hydrogens is 288 g/mol. The van der Waals surface area contributed by atoms with Crippen molar-refractivity contribution in [2.75, 3.05) is 14.1 Å². The zero-order chi connectivity index (χ0) is 16.5. The monoisotopic (exact) mass is 312 g/mol. The van der Waals surface area contributed by atoms with Gasteiger partial charge in [-0.05, 0) is 56.9 Å². The lowest BCUT2D eigenvalue weighted by atomic mass is 10.0. The number of benzene rings is 1. The lowest BCUT2D eigenvalue weighted by molar-refractivity contribution is -0.130. The van der Waals surface area contributed by atoms with Gasteiger partial charge in [-0.3, -0.25) is 4.79 Å². The van der Waals surface area contributed by atoms with E-state index in [1.165, 1.54) is 4.90 Å². The maximum Gasteiger partial charge on any atom is 0.241 e. The first-order valence-corrected chi connectivity index (χ1v) is 8.28. The summed E-state index contributed by atoms with van der Waals surface area (Å²) in [6.07, 6.45) is 0. The summed E-state index contributed by atoms with van der Waals surface area (Å²) in [4.78, 5) is 13.5. The quantitative estimate of drug-likeness (QED) is 0.920. The molecule has 1 atom stereocenters. The standard InChI is InChI=1S/C15H24N2O3S/c1-9-8-10(2)12(4)14(11(9)3)21(19,20)16-13(5)15(18)17(6)7/h8,13,16H,1-7H3/t13-/m1/s1. The Balaban J connectivity index is 3.30. The Morgan fingerprint density at radius 2 is 1.52 bits per heavy atom. The smallest absolute Gasteiger partial charge is 0.241 e. The van der Waals surface area contributed by atoms with Crippen molar-refractivity contribution in [2.45, 2.75) is 45.6 Å². The van der Waals surface area contributed by atoms with Crippen LogP contribution < -0.4 is 4.72 Å². The molecule has 0 saturated carbocycles. The van der Waals surface area contributed by atoms with Crippen molar-refractivity contribution in [1.82, 2.24) is 9.62 Å². The van der Waals surface area contributed by atoms with E-state index < -0.39 is 16.1 Å². The highest BCUT2D eigenvalue weighted by Crippen LogP contribution is 2.26. The summed E-state index contributed by atoms with van der Waals surface area (Å²) in [6.45, 7) is 8.89. The molecule has 0 bridgehead atoms. The number of rotatable bonds is 4. The molecule has 1 N–H and O–H groups in total. The van der Waals surface area contributed by atoms with E-state index in [2.05, 4.69) is 4.72 Å². The summed E-state index contributed by atoms with van der Waals surface area (Å²) < 4.78 is 27.7. The van der Waals surface area contributed by atoms with Crippen LogP contribution in [0.2, 0.25) is 0 Å². The van der Waals surface area contributed by atoms with E-state index in [9.17, 15) is 13.2 Å². The second-order valence-corrected chi connectivity index (χ2v) is 7.32. The largest absolute Gasteiger partial charge is 0.347 e. The van der Waals surface area contributed by atoms with Crippen molar-refractivity contribution >= 4 is 15.9 Å². The molecule has 0 fully saturated rings. The minimum atomic E-state index is -3.74. The third kappa shape index (κ3) is 3.63. The summed E-state index contributed by atoms with van der Waals surface area (Å²) in [7, 11) is -0.547. The Morgan fingerprint density at radius 1 is 1.10 bits per heavy atom. The molecule has 0 heterocycles. The van der Waals surface area contributed by atoms with E-state index in [-0.39, 0.29) is 10.8 Å². The van der Waals surface area contributed by atoms with Gasteiger partial charge in [-0.15, -0.1) is 0 Å². The van der Waals surface area contributed by atoms with Gasteiger partial charge in [0, 0.05) is 14.1 Å². The van der Waals surface area contributed by atoms with E-state index in [4.69, 9.17) is 0 Å². The molecule has 0 saturated heterocycles. The highest BCUT2D eigenvalue weighted by molar-refractivity contribution is 7.89. The highest BCUT2D eigenvalue weighted by atomic mass is 32.2. The van der Waals surface area contributed by atoms with Crippen LogP contribution >= 0.6 is 0 Å². The fraction of sp³-hybridized carbons (Fsp3) is 0.533. The number of carbonyl (C=O) groups is 1. The third-order valence-electron chi connectivity index (χ3n) is 3.71. The Morgan fingerprint density at radius 3 is 1.90 bits per heavy atom. The first kappa shape index (κ1) is 17.7. The minimum absolute atomic E-state index is 0.276. The van der Waals surface area contributed by atoms with E-state index in [0.29, 0.717) is 0 Å². The van der Waals surface area contributed by atoms with Crippen LogP contribution in [-0.4, -0.2) is 39.4 Å². The van der Waals surface area contributed by atoms with Crippen molar-refractivity contribution < 1.29 is 13.2 Å². The van der Waals surface area contributed by atoms with Gasteiger partial charge < -0.3 is 4.90 Å². The normalized spacial score (nSPS) is 13.1. The minimum Gasteiger partial charge on any atom is -0.347 e. The Bertz CT molecular complexity index is 638. The number of amides is 1. The molecule has 0 radical (unpaired) electrons. The van der Waals surface area contributed by atoms with E-state index in [1.54, 1.807) is 34.9 Å². The average Bonchev–Trinajstić information content (AvgIpc) is 2.34. The van der Waals surface area contributed by atoms with Crippen LogP contribution in [-0.2, 0) is 14.8 Å². The molecule has 0 aliphatic carbocycles. The van der Waals surface area contributed by atoms with Gasteiger partial charge in [0.05, 0.1) is 10.9 Å². The first-order chi connectivity index (χ1) is 9.49. The van der Waals surface area contributed by atoms with Crippen molar-refractivity contribution in [3.63, 3.8) is 0 Å². The molecule has 6 heteroatoms. The van der Waals surface area contributed by atoms with E-state index in [0.717, 1.165) is 22.3 Å². The molecule has 118 valence electrons. The van der Waals surface area contributed by atoms with Crippen LogP contribution in [0.15, 0.2) is 11.0 Å². The number of hydrogen-bond donors (Lipinski definition) is 1. The molecule has 21 heavy (non-hydrogen) atoms. The summed E-state index contributed by atoms with van der Waals surface area (Å²) >= 11 is 0. The van der Waals surface area contributed by atoms with Gasteiger partial charge in [0.1, 0.15) is 0 Å². The van der Waals surface area contributed by atoms with E-state index in [1.807, 2.05) is 19.9 Å². The predicted molar refractivity (Wildman–Crippen MR) is 83.9 cm³/mol. The number of hydrogen-bond acceptors (Lipinski definition) is 3. The number of nitrogens with one attached hydrogen (secondary N) is 1. The van der Waals surface area contributed by atoms with E-state index >= 15 is 0 Å². The third-order valence-corrected chi connectivity index (χ3v) is 5.52. The number of aryl methyl sites for hydroxylation is 2. The summed E-state index contributed by atoms with van der Waals surface area (Å²) in [6, 6.07) is 1.17. The van der Waals surface area contributed by atoms with Crippen molar-refractivity contribution in [2.24, 2.45) is 0 Å². The topological polar surface area (TPSA) is 66.5 Å². The number of likely N-dealkylation sites (N-methyl/N-ethyl adjacent to an activating group) is 1. The molecule has 0 aliphatic rings. The van der Waals surface area contributed by atoms with Crippen molar-refractivity contribution in [3.8, 4) is 0 Å². The zero-order valence-electron chi connectivity index (χ0n) is 13.7. The van der Waals surface area contributed by atoms with Gasteiger partial charge in [-0.2, -0.15) is 4.72 Å². The maximum atomic E-state index is 12.6. The number of nitrogens with zero attached hydrogens (tertiary/aromatic N) is 1. The summed E-state index contributed by atoms with van der Waals surface area (Å²) in [5, 5.41) is 0. The van der Waals surface area contributed by atoms with Crippen LogP contribution in [0.25, 0.3) is 0 Å². The zero-order valence-corrected chi connectivity index (χ0v) is 14.6. The van der Waals surface area contributed by atoms with Gasteiger partial charge >= 0.3 is 0 Å². The second-order valence-electron chi connectivity index (χ2n) is 5.67. The fourth-order valence-electron chi connectivity index (χ4n) is 2.31. The van der Waals surface area contributed by atoms with Crippen LogP contribution in [0.5, 0.6) is 0 Å². The Labute approximate surface area is 127 Å². The average molecular weight is 312 g/mol. The van der Waals surface area contributed by atoms with Gasteiger partial charge in [-0.25, -0.2) is 8.42 Å². The molecule has 1 aromatic rings. The second kappa shape index (κ2) is 6.15. The molecule has 0 unspecified atom stereocenters. The number of carbonyl (C=O) groups excluding carboxylic acids is 1. The molecule has 0 spiro atoms. The molecule has 5 nitrogen and oxygen atoms in total. The first-order valence-electron chi connectivity index (χ1n) is 6.80. The lowest BCUT2D eigenvalue weighted by Crippen LogP contribution is -2.44. The van der Waals surface area contributed by atoms with Crippen LogP contribution in [0.3, 0.4) is 0 Å².